The van der Waals surface area contributed by atoms with Crippen LogP contribution in [0.3, 0.4) is 0 Å². The molecular formula is C17H27N3O3S. The molecule has 0 aliphatic carbocycles. The summed E-state index contributed by atoms with van der Waals surface area (Å²) in [4.78, 5) is 14.0. The summed E-state index contributed by atoms with van der Waals surface area (Å²) in [6.45, 7) is 8.10. The van der Waals surface area contributed by atoms with Crippen molar-refractivity contribution in [3.8, 4) is 0 Å². The van der Waals surface area contributed by atoms with Crippen LogP contribution >= 0.6 is 0 Å². The number of sulfonamides is 1. The van der Waals surface area contributed by atoms with Gasteiger partial charge in [-0.2, -0.15) is 4.31 Å². The Bertz CT molecular complexity index is 680. The molecule has 1 fully saturated rings. The predicted octanol–water partition coefficient (Wildman–Crippen LogP) is 2.12. The van der Waals surface area contributed by atoms with E-state index in [9.17, 15) is 13.2 Å². The Balaban J connectivity index is 1.98. The first-order valence-corrected chi connectivity index (χ1v) is 9.90. The number of hydrogen-bond donors (Lipinski definition) is 1. The molecular weight excluding hydrogens is 326 g/mol. The summed E-state index contributed by atoms with van der Waals surface area (Å²) in [5.74, 6) is 0. The smallest absolute Gasteiger partial charge is 0.317 e. The van der Waals surface area contributed by atoms with Crippen molar-refractivity contribution in [3.63, 3.8) is 0 Å². The Kier molecular flexibility index (Phi) is 6.23. The van der Waals surface area contributed by atoms with Gasteiger partial charge in [0, 0.05) is 32.7 Å². The second-order valence-electron chi connectivity index (χ2n) is 6.22. The Hall–Kier alpha value is -1.60. The molecule has 0 saturated carbocycles. The lowest BCUT2D eigenvalue weighted by Gasteiger charge is -2.34. The topological polar surface area (TPSA) is 69.7 Å². The molecule has 0 radical (unpaired) electrons. The summed E-state index contributed by atoms with van der Waals surface area (Å²) in [6, 6.07) is 5.10. The number of aryl methyl sites for hydroxylation is 2. The maximum atomic E-state index is 12.7. The quantitative estimate of drug-likeness (QED) is 0.825. The van der Waals surface area contributed by atoms with Crippen LogP contribution in [-0.4, -0.2) is 56.4 Å². The van der Waals surface area contributed by atoms with E-state index in [0.717, 1.165) is 24.0 Å². The second kappa shape index (κ2) is 7.98. The molecule has 1 N–H and O–H groups in total. The predicted molar refractivity (Wildman–Crippen MR) is 94.6 cm³/mol. The number of amides is 2. The first-order valence-electron chi connectivity index (χ1n) is 8.46. The van der Waals surface area contributed by atoms with Crippen molar-refractivity contribution in [1.29, 1.82) is 0 Å². The number of nitrogens with one attached hydrogen (secondary N) is 1. The van der Waals surface area contributed by atoms with Crippen LogP contribution in [0.1, 0.15) is 30.9 Å². The van der Waals surface area contributed by atoms with Gasteiger partial charge in [-0.15, -0.1) is 0 Å². The number of carbonyl (C=O) groups is 1. The van der Waals surface area contributed by atoms with Crippen LogP contribution in [0.2, 0.25) is 0 Å². The average Bonchev–Trinajstić information content (AvgIpc) is 2.57. The fourth-order valence-electron chi connectivity index (χ4n) is 2.64. The lowest BCUT2D eigenvalue weighted by molar-refractivity contribution is 0.172. The fourth-order valence-corrected chi connectivity index (χ4v) is 4.15. The van der Waals surface area contributed by atoms with Gasteiger partial charge in [0.2, 0.25) is 10.0 Å². The van der Waals surface area contributed by atoms with Crippen molar-refractivity contribution in [3.05, 3.63) is 29.3 Å². The Morgan fingerprint density at radius 1 is 1.12 bits per heavy atom. The van der Waals surface area contributed by atoms with E-state index in [4.69, 9.17) is 0 Å². The fraction of sp³-hybridized carbons (Fsp3) is 0.588. The molecule has 1 aliphatic rings. The standard InChI is InChI=1S/C17H27N3O3S/c1-4-5-8-18-17(21)19-9-11-20(12-10-19)24(22,23)16-7-6-14(2)15(3)13-16/h6-7,13H,4-5,8-12H2,1-3H3,(H,18,21). The van der Waals surface area contributed by atoms with Gasteiger partial charge in [0.15, 0.2) is 0 Å². The van der Waals surface area contributed by atoms with Gasteiger partial charge in [-0.1, -0.05) is 19.4 Å². The van der Waals surface area contributed by atoms with E-state index in [1.54, 1.807) is 17.0 Å². The van der Waals surface area contributed by atoms with Gasteiger partial charge in [0.1, 0.15) is 0 Å². The second-order valence-corrected chi connectivity index (χ2v) is 8.16. The molecule has 7 heteroatoms. The molecule has 1 aromatic rings. The third-order valence-corrected chi connectivity index (χ3v) is 6.34. The summed E-state index contributed by atoms with van der Waals surface area (Å²) >= 11 is 0. The van der Waals surface area contributed by atoms with Crippen LogP contribution in [0, 0.1) is 13.8 Å². The number of benzene rings is 1. The number of hydrogen-bond acceptors (Lipinski definition) is 3. The largest absolute Gasteiger partial charge is 0.338 e. The molecule has 1 heterocycles. The summed E-state index contributed by atoms with van der Waals surface area (Å²) < 4.78 is 27.0. The maximum absolute atomic E-state index is 12.7. The van der Waals surface area contributed by atoms with Gasteiger partial charge < -0.3 is 10.2 Å². The lowest BCUT2D eigenvalue weighted by Crippen LogP contribution is -2.53. The molecule has 1 aromatic carbocycles. The third kappa shape index (κ3) is 4.27. The van der Waals surface area contributed by atoms with Crippen molar-refractivity contribution in [2.75, 3.05) is 32.7 Å². The number of unbranched alkanes of at least 4 members (excludes halogenated alkanes) is 1. The Morgan fingerprint density at radius 2 is 1.79 bits per heavy atom. The van der Waals surface area contributed by atoms with E-state index >= 15 is 0 Å². The van der Waals surface area contributed by atoms with Crippen molar-refractivity contribution in [1.82, 2.24) is 14.5 Å². The Labute approximate surface area is 144 Å². The lowest BCUT2D eigenvalue weighted by atomic mass is 10.1. The summed E-state index contributed by atoms with van der Waals surface area (Å²) in [5.41, 5.74) is 2.03. The van der Waals surface area contributed by atoms with Crippen LogP contribution in [0.15, 0.2) is 23.1 Å². The van der Waals surface area contributed by atoms with Crippen LogP contribution in [0.5, 0.6) is 0 Å². The van der Waals surface area contributed by atoms with E-state index in [0.29, 0.717) is 37.6 Å². The molecule has 0 aromatic heterocycles. The van der Waals surface area contributed by atoms with Crippen molar-refractivity contribution in [2.45, 2.75) is 38.5 Å². The molecule has 0 unspecified atom stereocenters. The van der Waals surface area contributed by atoms with Crippen LogP contribution in [-0.2, 0) is 10.0 Å². The van der Waals surface area contributed by atoms with Crippen molar-refractivity contribution >= 4 is 16.1 Å². The van der Waals surface area contributed by atoms with Crippen LogP contribution in [0.25, 0.3) is 0 Å². The molecule has 1 aliphatic heterocycles. The molecule has 6 nitrogen and oxygen atoms in total. The van der Waals surface area contributed by atoms with E-state index in [-0.39, 0.29) is 6.03 Å². The van der Waals surface area contributed by atoms with E-state index in [1.165, 1.54) is 4.31 Å². The molecule has 2 rings (SSSR count). The molecule has 134 valence electrons. The average molecular weight is 353 g/mol. The highest BCUT2D eigenvalue weighted by Crippen LogP contribution is 2.20. The van der Waals surface area contributed by atoms with Gasteiger partial charge in [-0.25, -0.2) is 13.2 Å². The van der Waals surface area contributed by atoms with E-state index in [2.05, 4.69) is 12.2 Å². The number of urea groups is 1. The minimum atomic E-state index is -3.50. The molecule has 0 spiro atoms. The minimum absolute atomic E-state index is 0.105. The molecule has 24 heavy (non-hydrogen) atoms. The van der Waals surface area contributed by atoms with Gasteiger partial charge in [-0.3, -0.25) is 0 Å². The third-order valence-electron chi connectivity index (χ3n) is 4.45. The van der Waals surface area contributed by atoms with Crippen LogP contribution in [0.4, 0.5) is 4.79 Å². The minimum Gasteiger partial charge on any atom is -0.338 e. The van der Waals surface area contributed by atoms with Crippen LogP contribution < -0.4 is 5.32 Å². The monoisotopic (exact) mass is 353 g/mol. The zero-order valence-corrected chi connectivity index (χ0v) is 15.5. The number of piperazine rings is 1. The highest BCUT2D eigenvalue weighted by molar-refractivity contribution is 7.89. The van der Waals surface area contributed by atoms with Crippen molar-refractivity contribution < 1.29 is 13.2 Å². The highest BCUT2D eigenvalue weighted by Gasteiger charge is 2.30. The van der Waals surface area contributed by atoms with Gasteiger partial charge in [0.05, 0.1) is 4.90 Å². The van der Waals surface area contributed by atoms with Gasteiger partial charge in [0.25, 0.3) is 0 Å². The molecule has 0 bridgehead atoms. The summed E-state index contributed by atoms with van der Waals surface area (Å²) in [5, 5.41) is 2.87. The highest BCUT2D eigenvalue weighted by atomic mass is 32.2. The van der Waals surface area contributed by atoms with Gasteiger partial charge >= 0.3 is 6.03 Å². The summed E-state index contributed by atoms with van der Waals surface area (Å²) in [6.07, 6.45) is 1.98. The molecule has 0 atom stereocenters. The van der Waals surface area contributed by atoms with E-state index < -0.39 is 10.0 Å². The van der Waals surface area contributed by atoms with Gasteiger partial charge in [-0.05, 0) is 43.5 Å². The Morgan fingerprint density at radius 3 is 2.38 bits per heavy atom. The zero-order chi connectivity index (χ0) is 17.7. The molecule has 1 saturated heterocycles. The van der Waals surface area contributed by atoms with E-state index in [1.807, 2.05) is 19.9 Å². The normalized spacial score (nSPS) is 16.2. The maximum Gasteiger partial charge on any atom is 0.317 e. The SMILES string of the molecule is CCCCNC(=O)N1CCN(S(=O)(=O)c2ccc(C)c(C)c2)CC1. The first kappa shape index (κ1) is 18.7. The van der Waals surface area contributed by atoms with Crippen molar-refractivity contribution in [2.24, 2.45) is 0 Å². The number of nitrogens with zero attached hydrogens (tertiary/aromatic N) is 2. The molecule has 2 amide bonds. The number of rotatable bonds is 5. The zero-order valence-electron chi connectivity index (χ0n) is 14.7. The first-order chi connectivity index (χ1) is 11.4. The summed E-state index contributed by atoms with van der Waals surface area (Å²) in [7, 11) is -3.50. The number of carbonyl (C=O) groups excluding carboxylic acids is 1.